The van der Waals surface area contributed by atoms with Gasteiger partial charge in [-0.25, -0.2) is 4.79 Å². The number of carboxylic acids is 1. The monoisotopic (exact) mass is 406 g/mol. The van der Waals surface area contributed by atoms with E-state index in [9.17, 15) is 9.90 Å². The molecule has 156 valence electrons. The molecule has 4 rings (SSSR count). The van der Waals surface area contributed by atoms with Crippen molar-refractivity contribution in [3.05, 3.63) is 71.6 Å². The summed E-state index contributed by atoms with van der Waals surface area (Å²) in [7, 11) is 0. The fraction of sp³-hybridized carbons (Fsp3) is 0.375. The van der Waals surface area contributed by atoms with Crippen molar-refractivity contribution in [2.24, 2.45) is 0 Å². The highest BCUT2D eigenvalue weighted by molar-refractivity contribution is 5.74. The number of carboxylic acid groups (broad SMARTS) is 1. The van der Waals surface area contributed by atoms with E-state index in [1.54, 1.807) is 24.3 Å². The Morgan fingerprint density at radius 1 is 1.03 bits per heavy atom. The predicted octanol–water partition coefficient (Wildman–Crippen LogP) is 4.69. The third-order valence-electron chi connectivity index (χ3n) is 6.20. The average molecular weight is 406 g/mol. The zero-order valence-electron chi connectivity index (χ0n) is 16.8. The minimum absolute atomic E-state index is 0.169. The summed E-state index contributed by atoms with van der Waals surface area (Å²) in [5, 5.41) is 22.6. The number of nitrogens with zero attached hydrogens (tertiary/aromatic N) is 2. The molecule has 0 amide bonds. The van der Waals surface area contributed by atoms with Crippen molar-refractivity contribution < 1.29 is 19.5 Å². The molecule has 1 atom stereocenters. The molecule has 1 fully saturated rings. The fourth-order valence-corrected chi connectivity index (χ4v) is 4.48. The van der Waals surface area contributed by atoms with Gasteiger partial charge in [0.05, 0.1) is 0 Å². The third kappa shape index (κ3) is 4.28. The molecule has 0 aliphatic heterocycles. The van der Waals surface area contributed by atoms with Gasteiger partial charge in [-0.05, 0) is 35.8 Å². The Hall–Kier alpha value is -2.99. The minimum Gasteiger partial charge on any atom is -0.479 e. The van der Waals surface area contributed by atoms with E-state index in [1.165, 1.54) is 37.7 Å². The van der Waals surface area contributed by atoms with Crippen LogP contribution in [-0.4, -0.2) is 26.3 Å². The maximum absolute atomic E-state index is 10.9. The van der Waals surface area contributed by atoms with Crippen LogP contribution in [0.25, 0.3) is 11.4 Å². The molecule has 0 saturated heterocycles. The van der Waals surface area contributed by atoms with Gasteiger partial charge in [0.1, 0.15) is 0 Å². The predicted molar refractivity (Wildman–Crippen MR) is 112 cm³/mol. The second kappa shape index (κ2) is 8.79. The number of hydrogen-bond acceptors (Lipinski definition) is 5. The van der Waals surface area contributed by atoms with E-state index < -0.39 is 12.1 Å². The SMILES string of the molecule is O=C(O)C(O)c1ccc(-c2noc(CCC3(c4ccccc4)CCCCC3)n2)cc1. The number of hydrogen-bond donors (Lipinski definition) is 2. The van der Waals surface area contributed by atoms with E-state index in [0.29, 0.717) is 17.3 Å². The number of aliphatic hydroxyl groups excluding tert-OH is 1. The summed E-state index contributed by atoms with van der Waals surface area (Å²) >= 11 is 0. The lowest BCUT2D eigenvalue weighted by Crippen LogP contribution is -2.29. The summed E-state index contributed by atoms with van der Waals surface area (Å²) < 4.78 is 5.50. The van der Waals surface area contributed by atoms with Crippen molar-refractivity contribution in [1.82, 2.24) is 10.1 Å². The summed E-state index contributed by atoms with van der Waals surface area (Å²) in [6.45, 7) is 0. The van der Waals surface area contributed by atoms with E-state index in [1.807, 2.05) is 0 Å². The molecule has 1 saturated carbocycles. The highest BCUT2D eigenvalue weighted by atomic mass is 16.5. The maximum Gasteiger partial charge on any atom is 0.337 e. The van der Waals surface area contributed by atoms with E-state index in [0.717, 1.165) is 18.4 Å². The Balaban J connectivity index is 1.47. The number of aromatic nitrogens is 2. The molecule has 6 heteroatoms. The van der Waals surface area contributed by atoms with Crippen LogP contribution in [0, 0.1) is 0 Å². The third-order valence-corrected chi connectivity index (χ3v) is 6.20. The quantitative estimate of drug-likeness (QED) is 0.591. The molecule has 3 aromatic rings. The van der Waals surface area contributed by atoms with Crippen LogP contribution in [0.4, 0.5) is 0 Å². The first-order valence-electron chi connectivity index (χ1n) is 10.5. The summed E-state index contributed by atoms with van der Waals surface area (Å²) in [4.78, 5) is 15.4. The lowest BCUT2D eigenvalue weighted by molar-refractivity contribution is -0.146. The first-order chi connectivity index (χ1) is 14.6. The van der Waals surface area contributed by atoms with E-state index in [2.05, 4.69) is 40.5 Å². The Labute approximate surface area is 175 Å². The van der Waals surface area contributed by atoms with Crippen molar-refractivity contribution in [2.75, 3.05) is 0 Å². The zero-order valence-corrected chi connectivity index (χ0v) is 16.8. The van der Waals surface area contributed by atoms with Crippen molar-refractivity contribution in [2.45, 2.75) is 56.5 Å². The molecule has 1 aromatic heterocycles. The molecule has 2 N–H and O–H groups in total. The molecule has 1 aliphatic carbocycles. The molecular formula is C24H26N2O4. The Kier molecular flexibility index (Phi) is 5.95. The topological polar surface area (TPSA) is 96.5 Å². The van der Waals surface area contributed by atoms with Gasteiger partial charge < -0.3 is 14.7 Å². The number of rotatable bonds is 7. The Morgan fingerprint density at radius 2 is 1.73 bits per heavy atom. The number of aliphatic carboxylic acids is 1. The molecule has 6 nitrogen and oxygen atoms in total. The van der Waals surface area contributed by atoms with Gasteiger partial charge in [-0.15, -0.1) is 0 Å². The molecule has 2 aromatic carbocycles. The minimum atomic E-state index is -1.54. The first-order valence-corrected chi connectivity index (χ1v) is 10.5. The molecule has 0 radical (unpaired) electrons. The van der Waals surface area contributed by atoms with Gasteiger partial charge in [-0.2, -0.15) is 4.98 Å². The Bertz CT molecular complexity index is 976. The van der Waals surface area contributed by atoms with Crippen LogP contribution >= 0.6 is 0 Å². The maximum atomic E-state index is 10.9. The van der Waals surface area contributed by atoms with Crippen molar-refractivity contribution in [1.29, 1.82) is 0 Å². The van der Waals surface area contributed by atoms with Gasteiger partial charge >= 0.3 is 5.97 Å². The fourth-order valence-electron chi connectivity index (χ4n) is 4.48. The summed E-state index contributed by atoms with van der Waals surface area (Å²) in [6, 6.07) is 17.3. The molecule has 0 spiro atoms. The van der Waals surface area contributed by atoms with Crippen LogP contribution in [0.2, 0.25) is 0 Å². The van der Waals surface area contributed by atoms with Crippen molar-refractivity contribution in [3.63, 3.8) is 0 Å². The Morgan fingerprint density at radius 3 is 2.40 bits per heavy atom. The largest absolute Gasteiger partial charge is 0.479 e. The molecule has 1 unspecified atom stereocenters. The molecule has 1 aliphatic rings. The number of benzene rings is 2. The van der Waals surface area contributed by atoms with Gasteiger partial charge in [0.15, 0.2) is 6.10 Å². The number of aryl methyl sites for hydroxylation is 1. The van der Waals surface area contributed by atoms with Crippen LogP contribution < -0.4 is 0 Å². The normalized spacial score (nSPS) is 16.8. The van der Waals surface area contributed by atoms with E-state index in [4.69, 9.17) is 9.63 Å². The second-order valence-electron chi connectivity index (χ2n) is 8.08. The molecule has 0 bridgehead atoms. The summed E-state index contributed by atoms with van der Waals surface area (Å²) in [5.74, 6) is -0.195. The van der Waals surface area contributed by atoms with Crippen LogP contribution in [0.1, 0.15) is 61.6 Å². The van der Waals surface area contributed by atoms with Crippen LogP contribution in [0.5, 0.6) is 0 Å². The molecule has 1 heterocycles. The highest BCUT2D eigenvalue weighted by Crippen LogP contribution is 2.42. The van der Waals surface area contributed by atoms with Crippen LogP contribution in [0.15, 0.2) is 59.1 Å². The van der Waals surface area contributed by atoms with Crippen LogP contribution in [0.3, 0.4) is 0 Å². The highest BCUT2D eigenvalue weighted by Gasteiger charge is 2.34. The van der Waals surface area contributed by atoms with Gasteiger partial charge in [-0.1, -0.05) is 79.0 Å². The van der Waals surface area contributed by atoms with Crippen molar-refractivity contribution in [3.8, 4) is 11.4 Å². The average Bonchev–Trinajstić information content (AvgIpc) is 3.28. The lowest BCUT2D eigenvalue weighted by Gasteiger charge is -2.38. The van der Waals surface area contributed by atoms with Gasteiger partial charge in [0.2, 0.25) is 11.7 Å². The molecule has 30 heavy (non-hydrogen) atoms. The van der Waals surface area contributed by atoms with Gasteiger partial charge in [0.25, 0.3) is 0 Å². The summed E-state index contributed by atoms with van der Waals surface area (Å²) in [6.07, 6.45) is 6.32. The zero-order chi connectivity index (χ0) is 21.0. The summed E-state index contributed by atoms with van der Waals surface area (Å²) in [5.41, 5.74) is 2.61. The standard InChI is InChI=1S/C24H26N2O4/c27-21(23(28)29)17-9-11-18(12-10-17)22-25-20(30-26-22)13-16-24(14-5-2-6-15-24)19-7-3-1-4-8-19/h1,3-4,7-12,21,27H,2,5-6,13-16H2,(H,28,29). The van der Waals surface area contributed by atoms with E-state index in [-0.39, 0.29) is 5.41 Å². The second-order valence-corrected chi connectivity index (χ2v) is 8.08. The number of aliphatic hydroxyl groups is 1. The smallest absolute Gasteiger partial charge is 0.337 e. The van der Waals surface area contributed by atoms with Gasteiger partial charge in [0, 0.05) is 12.0 Å². The van der Waals surface area contributed by atoms with E-state index >= 15 is 0 Å². The van der Waals surface area contributed by atoms with Gasteiger partial charge in [-0.3, -0.25) is 0 Å². The van der Waals surface area contributed by atoms with Crippen molar-refractivity contribution >= 4 is 5.97 Å². The first kappa shape index (κ1) is 20.3. The van der Waals surface area contributed by atoms with Crippen LogP contribution in [-0.2, 0) is 16.6 Å². The lowest BCUT2D eigenvalue weighted by atomic mass is 9.67. The number of carbonyl (C=O) groups is 1. The molecular weight excluding hydrogens is 380 g/mol.